The van der Waals surface area contributed by atoms with Crippen LogP contribution in [0.5, 0.6) is 0 Å². The Labute approximate surface area is 87.4 Å². The minimum absolute atomic E-state index is 0.194. The van der Waals surface area contributed by atoms with Crippen molar-refractivity contribution in [3.8, 4) is 0 Å². The van der Waals surface area contributed by atoms with Gasteiger partial charge in [0.1, 0.15) is 0 Å². The minimum Gasteiger partial charge on any atom is -0.428 e. The lowest BCUT2D eigenvalue weighted by Crippen LogP contribution is -2.43. The Bertz CT molecular complexity index is 396. The number of nitrogens with zero attached hydrogens (tertiary/aromatic N) is 1. The lowest BCUT2D eigenvalue weighted by molar-refractivity contribution is 0.0861. The number of carbonyl (C=O) groups excluding carboxylic acids is 1. The van der Waals surface area contributed by atoms with Crippen LogP contribution in [0.4, 0.5) is 0 Å². The van der Waals surface area contributed by atoms with E-state index in [2.05, 4.69) is 0 Å². The van der Waals surface area contributed by atoms with Crippen LogP contribution in [0.2, 0.25) is 5.02 Å². The van der Waals surface area contributed by atoms with E-state index in [9.17, 15) is 9.82 Å². The predicted molar refractivity (Wildman–Crippen MR) is 55.8 cm³/mol. The third-order valence-electron chi connectivity index (χ3n) is 2.43. The van der Waals surface area contributed by atoms with Gasteiger partial charge in [-0.25, -0.2) is 0 Å². The van der Waals surface area contributed by atoms with Crippen LogP contribution >= 0.6 is 11.6 Å². The fourth-order valence-corrected chi connectivity index (χ4v) is 1.98. The average Bonchev–Trinajstić information content (AvgIpc) is 2.41. The molecule has 1 aromatic carbocycles. The van der Waals surface area contributed by atoms with E-state index < -0.39 is 7.05 Å². The maximum Gasteiger partial charge on any atom is 0.452 e. The first-order chi connectivity index (χ1) is 6.66. The Morgan fingerprint density at radius 2 is 2.29 bits per heavy atom. The summed E-state index contributed by atoms with van der Waals surface area (Å²) in [6.45, 7) is 2.30. The molecule has 5 heteroatoms. The Morgan fingerprint density at radius 3 is 2.86 bits per heavy atom. The first-order valence-corrected chi connectivity index (χ1v) is 4.82. The molecule has 1 aliphatic heterocycles. The van der Waals surface area contributed by atoms with Crippen LogP contribution in [-0.2, 0) is 0 Å². The number of fused-ring (bicyclic) bond motifs is 1. The summed E-state index contributed by atoms with van der Waals surface area (Å²) in [6.07, 6.45) is 0. The van der Waals surface area contributed by atoms with Gasteiger partial charge in [-0.3, -0.25) is 4.79 Å². The number of amides is 1. The van der Waals surface area contributed by atoms with E-state index in [-0.39, 0.29) is 5.91 Å². The van der Waals surface area contributed by atoms with E-state index in [4.69, 9.17) is 11.6 Å². The molecule has 0 aromatic heterocycles. The molecule has 1 aliphatic rings. The standard InChI is InChI=1S/C9H9BClNO2/c1-2-12-9(13)8-6(10(12)14)4-3-5-7(8)11/h3-5,14H,2H2,1H3. The van der Waals surface area contributed by atoms with Crippen molar-refractivity contribution < 1.29 is 9.82 Å². The molecule has 0 bridgehead atoms. The van der Waals surface area contributed by atoms with Crippen LogP contribution in [0.1, 0.15) is 17.3 Å². The molecule has 0 saturated carbocycles. The van der Waals surface area contributed by atoms with Crippen molar-refractivity contribution in [1.82, 2.24) is 4.81 Å². The summed E-state index contributed by atoms with van der Waals surface area (Å²) in [5, 5.41) is 10.2. The van der Waals surface area contributed by atoms with Gasteiger partial charge in [-0.15, -0.1) is 0 Å². The van der Waals surface area contributed by atoms with Crippen molar-refractivity contribution in [2.45, 2.75) is 6.92 Å². The van der Waals surface area contributed by atoms with E-state index >= 15 is 0 Å². The number of halogens is 1. The summed E-state index contributed by atoms with van der Waals surface area (Å²) < 4.78 is 0. The fraction of sp³-hybridized carbons (Fsp3) is 0.222. The van der Waals surface area contributed by atoms with Crippen molar-refractivity contribution in [1.29, 1.82) is 0 Å². The van der Waals surface area contributed by atoms with E-state index in [1.165, 1.54) is 4.81 Å². The largest absolute Gasteiger partial charge is 0.452 e. The van der Waals surface area contributed by atoms with E-state index in [0.717, 1.165) is 0 Å². The lowest BCUT2D eigenvalue weighted by Gasteiger charge is -2.14. The van der Waals surface area contributed by atoms with E-state index in [1.807, 2.05) is 6.92 Å². The highest BCUT2D eigenvalue weighted by Gasteiger charge is 2.40. The Morgan fingerprint density at radius 1 is 1.57 bits per heavy atom. The number of benzene rings is 1. The van der Waals surface area contributed by atoms with Crippen molar-refractivity contribution in [2.75, 3.05) is 6.54 Å². The molecule has 0 unspecified atom stereocenters. The third kappa shape index (κ3) is 1.15. The van der Waals surface area contributed by atoms with Gasteiger partial charge in [-0.05, 0) is 18.5 Å². The SMILES string of the molecule is CCN1B(O)c2cccc(Cl)c2C1=O. The van der Waals surface area contributed by atoms with Crippen molar-refractivity contribution in [3.05, 3.63) is 28.8 Å². The molecule has 0 atom stereocenters. The zero-order chi connectivity index (χ0) is 10.3. The Kier molecular flexibility index (Phi) is 2.25. The summed E-state index contributed by atoms with van der Waals surface area (Å²) in [5.74, 6) is -0.194. The van der Waals surface area contributed by atoms with Crippen LogP contribution in [0.3, 0.4) is 0 Å². The first kappa shape index (κ1) is 9.56. The summed E-state index contributed by atoms with van der Waals surface area (Å²) >= 11 is 5.89. The monoisotopic (exact) mass is 209 g/mol. The number of carbonyl (C=O) groups is 1. The van der Waals surface area contributed by atoms with Crippen LogP contribution in [0.15, 0.2) is 18.2 Å². The number of rotatable bonds is 1. The van der Waals surface area contributed by atoms with Gasteiger partial charge >= 0.3 is 7.05 Å². The van der Waals surface area contributed by atoms with Gasteiger partial charge in [0.25, 0.3) is 0 Å². The normalized spacial score (nSPS) is 14.9. The van der Waals surface area contributed by atoms with Crippen molar-refractivity contribution in [3.63, 3.8) is 0 Å². The average molecular weight is 209 g/mol. The molecular formula is C9H9BClNO2. The topological polar surface area (TPSA) is 40.5 Å². The summed E-state index contributed by atoms with van der Waals surface area (Å²) in [5.41, 5.74) is 1.04. The molecule has 0 fully saturated rings. The van der Waals surface area contributed by atoms with E-state index in [0.29, 0.717) is 22.6 Å². The second-order valence-corrected chi connectivity index (χ2v) is 3.58. The zero-order valence-electron chi connectivity index (χ0n) is 7.70. The zero-order valence-corrected chi connectivity index (χ0v) is 8.45. The van der Waals surface area contributed by atoms with Gasteiger partial charge < -0.3 is 9.83 Å². The maximum atomic E-state index is 11.7. The second kappa shape index (κ2) is 3.30. The van der Waals surface area contributed by atoms with Gasteiger partial charge in [-0.1, -0.05) is 23.7 Å². The molecule has 0 aliphatic carbocycles. The maximum absolute atomic E-state index is 11.7. The fourth-order valence-electron chi connectivity index (χ4n) is 1.72. The van der Waals surface area contributed by atoms with Gasteiger partial charge in [-0.2, -0.15) is 0 Å². The van der Waals surface area contributed by atoms with Crippen molar-refractivity contribution >= 4 is 30.0 Å². The summed E-state index contributed by atoms with van der Waals surface area (Å²) in [7, 11) is -0.846. The molecule has 72 valence electrons. The van der Waals surface area contributed by atoms with E-state index in [1.54, 1.807) is 18.2 Å². The molecule has 0 spiro atoms. The van der Waals surface area contributed by atoms with Gasteiger partial charge in [0.2, 0.25) is 5.91 Å². The third-order valence-corrected chi connectivity index (χ3v) is 2.75. The number of hydrogen-bond acceptors (Lipinski definition) is 2. The molecule has 2 rings (SSSR count). The minimum atomic E-state index is -0.846. The first-order valence-electron chi connectivity index (χ1n) is 4.44. The summed E-state index contributed by atoms with van der Waals surface area (Å²) in [6, 6.07) is 5.11. The van der Waals surface area contributed by atoms with Crippen LogP contribution < -0.4 is 5.46 Å². The molecular weight excluding hydrogens is 200 g/mol. The van der Waals surface area contributed by atoms with Crippen LogP contribution in [-0.4, -0.2) is 29.3 Å². The van der Waals surface area contributed by atoms with Crippen LogP contribution in [0, 0.1) is 0 Å². The van der Waals surface area contributed by atoms with Crippen molar-refractivity contribution in [2.24, 2.45) is 0 Å². The molecule has 1 amide bonds. The highest BCUT2D eigenvalue weighted by atomic mass is 35.5. The quantitative estimate of drug-likeness (QED) is 0.685. The molecule has 0 saturated heterocycles. The Hall–Kier alpha value is -0.995. The smallest absolute Gasteiger partial charge is 0.428 e. The molecule has 3 nitrogen and oxygen atoms in total. The van der Waals surface area contributed by atoms with Gasteiger partial charge in [0.15, 0.2) is 0 Å². The highest BCUT2D eigenvalue weighted by Crippen LogP contribution is 2.21. The molecule has 1 N–H and O–H groups in total. The second-order valence-electron chi connectivity index (χ2n) is 3.17. The van der Waals surface area contributed by atoms with Gasteiger partial charge in [0.05, 0.1) is 10.6 Å². The molecule has 14 heavy (non-hydrogen) atoms. The number of hydrogen-bond donors (Lipinski definition) is 1. The lowest BCUT2D eigenvalue weighted by atomic mass is 9.74. The molecule has 1 aromatic rings. The Balaban J connectivity index is 2.58. The molecule has 1 heterocycles. The predicted octanol–water partition coefficient (Wildman–Crippen LogP) is 0.503. The summed E-state index contributed by atoms with van der Waals surface area (Å²) in [4.78, 5) is 13.1. The van der Waals surface area contributed by atoms with Gasteiger partial charge in [0, 0.05) is 6.54 Å². The molecule has 0 radical (unpaired) electrons. The highest BCUT2D eigenvalue weighted by molar-refractivity contribution is 6.71. The van der Waals surface area contributed by atoms with Crippen LogP contribution in [0.25, 0.3) is 0 Å².